The highest BCUT2D eigenvalue weighted by Gasteiger charge is 2.39. The molecular formula is C76H101N17O17S2. The summed E-state index contributed by atoms with van der Waals surface area (Å²) in [6.45, 7) is 1.49. The number of hydrogen-bond donors (Lipinski definition) is 24. The number of aromatic nitrogens is 1. The molecule has 6 rings (SSSR count). The number of amides is 11. The zero-order valence-corrected chi connectivity index (χ0v) is 63.6. The number of nitrogens with two attached hydrogens (primary N) is 3. The van der Waals surface area contributed by atoms with Crippen molar-refractivity contribution >= 4 is 113 Å². The van der Waals surface area contributed by atoms with Gasteiger partial charge in [0.05, 0.1) is 24.9 Å². The molecule has 0 spiro atoms. The van der Waals surface area contributed by atoms with E-state index < -0.39 is 162 Å². The number of aliphatic carboxylic acids is 1. The van der Waals surface area contributed by atoms with Crippen LogP contribution in [0, 0.1) is 5.41 Å². The van der Waals surface area contributed by atoms with Crippen LogP contribution in [-0.2, 0) is 89.6 Å². The molecule has 112 heavy (non-hydrogen) atoms. The van der Waals surface area contributed by atoms with Crippen molar-refractivity contribution < 1.29 is 83.1 Å². The van der Waals surface area contributed by atoms with E-state index in [-0.39, 0.29) is 94.1 Å². The van der Waals surface area contributed by atoms with E-state index in [0.29, 0.717) is 45.1 Å². The summed E-state index contributed by atoms with van der Waals surface area (Å²) in [5.41, 5.74) is 20.5. The van der Waals surface area contributed by atoms with Crippen LogP contribution in [0.4, 0.5) is 0 Å². The van der Waals surface area contributed by atoms with Crippen LogP contribution in [0.1, 0.15) is 73.8 Å². The molecule has 0 radical (unpaired) electrons. The minimum atomic E-state index is -1.89. The van der Waals surface area contributed by atoms with Gasteiger partial charge in [0.2, 0.25) is 65.0 Å². The second kappa shape index (κ2) is 45.9. The molecule has 0 aliphatic rings. The van der Waals surface area contributed by atoms with Crippen molar-refractivity contribution in [2.45, 2.75) is 163 Å². The Bertz CT molecular complexity index is 4130. The average molecular weight is 1590 g/mol. The number of carbonyl (C=O) groups is 12. The van der Waals surface area contributed by atoms with E-state index in [1.54, 1.807) is 121 Å². The van der Waals surface area contributed by atoms with Crippen molar-refractivity contribution in [1.29, 1.82) is 5.41 Å². The third-order valence-electron chi connectivity index (χ3n) is 18.0. The van der Waals surface area contributed by atoms with Crippen molar-refractivity contribution in [3.05, 3.63) is 174 Å². The first-order valence-electron chi connectivity index (χ1n) is 36.3. The predicted octanol–water partition coefficient (Wildman–Crippen LogP) is -2.86. The highest BCUT2D eigenvalue weighted by Crippen LogP contribution is 2.21. The van der Waals surface area contributed by atoms with E-state index in [9.17, 15) is 63.9 Å². The number of unbranched alkanes of at least 4 members (excludes halogenated alkanes) is 1. The fourth-order valence-electron chi connectivity index (χ4n) is 11.8. The standard InChI is InChI=1S/C76H101N17O17S2/c1-42(95)62(73(107)89-58(35-46-21-10-5-11-22-46)71(105)93-63(43(2)96)74(108)90-60(39-94)72(106)91-61(41-112)75(109)110)92-66(100)53(25-14-15-31-77)84-70(104)59(37-48-38-82-52-24-13-12-23-50(48)52)88-69(103)56(34-45-19-8-4-9-20-45)87-67(101)55(33-44-17-6-3-7-18-44)86-68(102)57(36-47-27-29-49(97)30-28-47)85-65(99)54(26-16-32-81-76(79)80)83-64(98)51(78)40-111/h3-13,17-24,27-30,38,42-43,51,53-63,82,94-97,111-112H,14-16,25-26,31-37,39-41,77-78H2,1-2H3,(H,83,98)(H,84,104)(H,85,99)(H,86,102)(H,87,101)(H,88,103)(H,89,107)(H,90,108)(H,91,106)(H,92,100)(H,93,105)(H,109,110)(H4,79,80,81)/t42-,43-,51+,53+,54-,55+,56+,57-,58+,59-,60+,61+,62+,63+/m1/s1. The lowest BCUT2D eigenvalue weighted by atomic mass is 9.99. The van der Waals surface area contributed by atoms with Gasteiger partial charge in [-0.3, -0.25) is 58.1 Å². The zero-order chi connectivity index (χ0) is 82.0. The number of guanidine groups is 1. The summed E-state index contributed by atoms with van der Waals surface area (Å²) in [5, 5.41) is 90.8. The first-order valence-corrected chi connectivity index (χ1v) is 37.5. The maximum atomic E-state index is 15.4. The molecule has 34 nitrogen and oxygen atoms in total. The number of thiol groups is 2. The molecule has 5 aromatic carbocycles. The number of fused-ring (bicyclic) bond motifs is 1. The zero-order valence-electron chi connectivity index (χ0n) is 61.8. The topological polar surface area (TPSA) is 568 Å². The monoisotopic (exact) mass is 1590 g/mol. The minimum Gasteiger partial charge on any atom is -0.508 e. The molecule has 11 amide bonds. The molecule has 604 valence electrons. The van der Waals surface area contributed by atoms with E-state index >= 15 is 19.2 Å². The quantitative estimate of drug-likeness (QED) is 0.00791. The summed E-state index contributed by atoms with van der Waals surface area (Å²) in [5.74, 6) is -13.2. The van der Waals surface area contributed by atoms with Gasteiger partial charge in [0.1, 0.15) is 72.2 Å². The number of aliphatic hydroxyl groups is 3. The number of aliphatic hydroxyl groups excluding tert-OH is 3. The van der Waals surface area contributed by atoms with E-state index in [2.05, 4.69) is 94.0 Å². The van der Waals surface area contributed by atoms with Crippen molar-refractivity contribution in [2.24, 2.45) is 17.2 Å². The maximum Gasteiger partial charge on any atom is 0.327 e. The van der Waals surface area contributed by atoms with Gasteiger partial charge in [-0.1, -0.05) is 121 Å². The average Bonchev–Trinajstić information content (AvgIpc) is 1.66. The number of H-pyrrole nitrogens is 1. The number of carboxylic acid groups (broad SMARTS) is 1. The molecule has 6 aromatic rings. The number of carbonyl (C=O) groups excluding carboxylic acids is 11. The number of rotatable bonds is 46. The van der Waals surface area contributed by atoms with Gasteiger partial charge in [-0.05, 0) is 98.5 Å². The Balaban J connectivity index is 1.31. The van der Waals surface area contributed by atoms with Gasteiger partial charge in [0, 0.05) is 67.3 Å². The SMILES string of the molecule is C[C@@H](O)[C@H](NC(=O)[C@H](Cc1ccccc1)NC(=O)[C@@H](NC(=O)[C@H](CCCCN)NC(=O)[C@@H](Cc1c[nH]c2ccccc12)NC(=O)[C@H](Cc1ccccc1)NC(=O)[C@H](Cc1ccccc1)NC(=O)[C@@H](Cc1ccc(O)cc1)NC(=O)[C@@H](CCCNC(=N)N)NC(=O)[C@@H](N)CS)[C@@H](C)O)C(=O)N[C@@H](CO)C(=O)N[C@@H](CS)C(=O)O. The number of benzene rings is 5. The van der Waals surface area contributed by atoms with Crippen LogP contribution in [0.5, 0.6) is 5.75 Å². The molecule has 0 fully saturated rings. The van der Waals surface area contributed by atoms with Crippen molar-refractivity contribution in [3.63, 3.8) is 0 Å². The summed E-state index contributed by atoms with van der Waals surface area (Å²) in [6.07, 6.45) is -2.46. The number of carboxylic acids is 1. The van der Waals surface area contributed by atoms with E-state index in [4.69, 9.17) is 22.6 Å². The van der Waals surface area contributed by atoms with Crippen molar-refractivity contribution in [2.75, 3.05) is 31.2 Å². The first-order chi connectivity index (χ1) is 53.5. The lowest BCUT2D eigenvalue weighted by molar-refractivity contribution is -0.142. The largest absolute Gasteiger partial charge is 0.508 e. The second-order valence-corrected chi connectivity index (χ2v) is 27.5. The van der Waals surface area contributed by atoms with Crippen LogP contribution >= 0.6 is 25.3 Å². The number of aromatic hydroxyl groups is 1. The Labute approximate surface area is 657 Å². The summed E-state index contributed by atoms with van der Waals surface area (Å²) in [7, 11) is 0. The highest BCUT2D eigenvalue weighted by molar-refractivity contribution is 7.80. The van der Waals surface area contributed by atoms with Crippen LogP contribution in [-0.4, -0.2) is 223 Å². The van der Waals surface area contributed by atoms with Gasteiger partial charge in [-0.25, -0.2) is 4.79 Å². The summed E-state index contributed by atoms with van der Waals surface area (Å²) < 4.78 is 0. The predicted molar refractivity (Wildman–Crippen MR) is 421 cm³/mol. The molecule has 14 atom stereocenters. The third-order valence-corrected chi connectivity index (χ3v) is 18.7. The Morgan fingerprint density at radius 3 is 1.21 bits per heavy atom. The summed E-state index contributed by atoms with van der Waals surface area (Å²) in [4.78, 5) is 174. The molecule has 1 heterocycles. The molecule has 0 saturated heterocycles. The maximum absolute atomic E-state index is 15.4. The van der Waals surface area contributed by atoms with E-state index in [1.165, 1.54) is 24.3 Å². The summed E-state index contributed by atoms with van der Waals surface area (Å²) >= 11 is 8.02. The Morgan fingerprint density at radius 2 is 0.795 bits per heavy atom. The Kier molecular flexibility index (Phi) is 36.8. The normalized spacial score (nSPS) is 14.9. The molecule has 0 saturated carbocycles. The van der Waals surface area contributed by atoms with Gasteiger partial charge < -0.3 is 112 Å². The minimum absolute atomic E-state index is 0.0282. The smallest absolute Gasteiger partial charge is 0.327 e. The number of phenols is 1. The van der Waals surface area contributed by atoms with Gasteiger partial charge in [0.25, 0.3) is 0 Å². The molecule has 0 unspecified atom stereocenters. The van der Waals surface area contributed by atoms with Crippen LogP contribution in [0.3, 0.4) is 0 Å². The molecule has 25 N–H and O–H groups in total. The first kappa shape index (κ1) is 89.7. The summed E-state index contributed by atoms with van der Waals surface area (Å²) in [6, 6.07) is 19.2. The molecule has 0 bridgehead atoms. The number of phenolic OH excluding ortho intramolecular Hbond substituents is 1. The van der Waals surface area contributed by atoms with Crippen LogP contribution in [0.2, 0.25) is 0 Å². The molecule has 0 aliphatic heterocycles. The number of nitrogens with one attached hydrogen (secondary N) is 14. The van der Waals surface area contributed by atoms with Crippen LogP contribution < -0.4 is 81.0 Å². The lowest BCUT2D eigenvalue weighted by Crippen LogP contribution is -2.63. The van der Waals surface area contributed by atoms with Crippen LogP contribution in [0.15, 0.2) is 146 Å². The highest BCUT2D eigenvalue weighted by atomic mass is 32.1. The van der Waals surface area contributed by atoms with Gasteiger partial charge in [-0.2, -0.15) is 25.3 Å². The number of para-hydroxylation sites is 1. The van der Waals surface area contributed by atoms with Gasteiger partial charge >= 0.3 is 5.97 Å². The van der Waals surface area contributed by atoms with E-state index in [1.807, 2.05) is 0 Å². The molecule has 36 heteroatoms. The molecular weight excluding hydrogens is 1490 g/mol. The number of aromatic amines is 1. The van der Waals surface area contributed by atoms with E-state index in [0.717, 1.165) is 13.8 Å². The van der Waals surface area contributed by atoms with Crippen molar-refractivity contribution in [1.82, 2.24) is 68.8 Å². The lowest BCUT2D eigenvalue weighted by Gasteiger charge is -2.29. The van der Waals surface area contributed by atoms with Gasteiger partial charge in [0.15, 0.2) is 5.96 Å². The number of hydrogen-bond acceptors (Lipinski definition) is 21. The van der Waals surface area contributed by atoms with Crippen LogP contribution in [0.25, 0.3) is 10.9 Å². The fourth-order valence-corrected chi connectivity index (χ4v) is 12.2. The molecule has 0 aliphatic carbocycles. The fraction of sp³-hybridized carbons (Fsp3) is 0.408. The molecule has 1 aromatic heterocycles. The Hall–Kier alpha value is -11.1. The Morgan fingerprint density at radius 1 is 0.438 bits per heavy atom. The van der Waals surface area contributed by atoms with Crippen molar-refractivity contribution in [3.8, 4) is 5.75 Å². The third kappa shape index (κ3) is 28.9. The van der Waals surface area contributed by atoms with Gasteiger partial charge in [-0.15, -0.1) is 0 Å². The second-order valence-electron chi connectivity index (χ2n) is 26.8.